The van der Waals surface area contributed by atoms with Crippen LogP contribution in [0, 0.1) is 13.8 Å². The van der Waals surface area contributed by atoms with Gasteiger partial charge in [0, 0.05) is 17.0 Å². The number of aldehydes is 1. The Kier molecular flexibility index (Phi) is 2.13. The fourth-order valence-electron chi connectivity index (χ4n) is 1.36. The van der Waals surface area contributed by atoms with E-state index in [0.717, 1.165) is 29.5 Å². The number of hydrogen-bond acceptors (Lipinski definition) is 1. The second-order valence-electron chi connectivity index (χ2n) is 2.74. The molecule has 0 fully saturated rings. The first kappa shape index (κ1) is 8.05. The van der Waals surface area contributed by atoms with Gasteiger partial charge in [-0.2, -0.15) is 0 Å². The van der Waals surface area contributed by atoms with Gasteiger partial charge in [0.15, 0.2) is 6.29 Å². The van der Waals surface area contributed by atoms with E-state index in [1.807, 2.05) is 13.8 Å². The van der Waals surface area contributed by atoms with Gasteiger partial charge >= 0.3 is 0 Å². The fraction of sp³-hybridized carbons (Fsp3) is 0.444. The minimum absolute atomic E-state index is 0.821. The molecule has 0 aliphatic heterocycles. The Hall–Kier alpha value is -1.05. The SMILES string of the molecule is CCc1[nH]c(C)c(C=O)c1C. The van der Waals surface area contributed by atoms with E-state index in [-0.39, 0.29) is 0 Å². The third-order valence-corrected chi connectivity index (χ3v) is 2.07. The molecule has 1 heterocycles. The Morgan fingerprint density at radius 3 is 2.36 bits per heavy atom. The number of rotatable bonds is 2. The molecule has 0 bridgehead atoms. The minimum atomic E-state index is 0.821. The van der Waals surface area contributed by atoms with Gasteiger partial charge in [0.2, 0.25) is 0 Å². The third kappa shape index (κ3) is 1.20. The average molecular weight is 151 g/mol. The van der Waals surface area contributed by atoms with Crippen LogP contribution in [-0.4, -0.2) is 11.3 Å². The number of H-pyrrole nitrogens is 1. The molecule has 2 nitrogen and oxygen atoms in total. The van der Waals surface area contributed by atoms with Crippen molar-refractivity contribution in [2.45, 2.75) is 27.2 Å². The first-order valence-corrected chi connectivity index (χ1v) is 3.84. The van der Waals surface area contributed by atoms with Crippen LogP contribution in [0.3, 0.4) is 0 Å². The van der Waals surface area contributed by atoms with Crippen molar-refractivity contribution in [1.29, 1.82) is 0 Å². The first-order valence-electron chi connectivity index (χ1n) is 3.84. The van der Waals surface area contributed by atoms with Gasteiger partial charge in [0.25, 0.3) is 0 Å². The van der Waals surface area contributed by atoms with Crippen LogP contribution in [0.1, 0.15) is 34.2 Å². The molecule has 1 N–H and O–H groups in total. The van der Waals surface area contributed by atoms with E-state index in [9.17, 15) is 4.79 Å². The molecule has 1 aromatic heterocycles. The Bertz CT molecular complexity index is 273. The summed E-state index contributed by atoms with van der Waals surface area (Å²) in [6.45, 7) is 5.98. The lowest BCUT2D eigenvalue weighted by atomic mass is 10.1. The molecule has 0 amide bonds. The summed E-state index contributed by atoms with van der Waals surface area (Å²) in [5.74, 6) is 0. The highest BCUT2D eigenvalue weighted by Crippen LogP contribution is 2.15. The van der Waals surface area contributed by atoms with Crippen LogP contribution in [-0.2, 0) is 6.42 Å². The van der Waals surface area contributed by atoms with Crippen LogP contribution in [0.5, 0.6) is 0 Å². The van der Waals surface area contributed by atoms with Gasteiger partial charge < -0.3 is 4.98 Å². The van der Waals surface area contributed by atoms with Crippen molar-refractivity contribution in [2.24, 2.45) is 0 Å². The van der Waals surface area contributed by atoms with Crippen LogP contribution in [0.2, 0.25) is 0 Å². The van der Waals surface area contributed by atoms with Crippen molar-refractivity contribution >= 4 is 6.29 Å². The number of aryl methyl sites for hydroxylation is 2. The van der Waals surface area contributed by atoms with Crippen LogP contribution < -0.4 is 0 Å². The summed E-state index contributed by atoms with van der Waals surface area (Å²) in [6, 6.07) is 0. The Labute approximate surface area is 66.6 Å². The molecule has 0 spiro atoms. The van der Waals surface area contributed by atoms with E-state index in [1.54, 1.807) is 0 Å². The molecule has 0 aliphatic rings. The van der Waals surface area contributed by atoms with Gasteiger partial charge in [-0.1, -0.05) is 6.92 Å². The number of aromatic amines is 1. The molecular weight excluding hydrogens is 138 g/mol. The van der Waals surface area contributed by atoms with E-state index >= 15 is 0 Å². The normalized spacial score (nSPS) is 10.1. The van der Waals surface area contributed by atoms with E-state index < -0.39 is 0 Å². The van der Waals surface area contributed by atoms with Crippen molar-refractivity contribution in [1.82, 2.24) is 4.98 Å². The fourth-order valence-corrected chi connectivity index (χ4v) is 1.36. The second kappa shape index (κ2) is 2.91. The first-order chi connectivity index (χ1) is 5.20. The maximum Gasteiger partial charge on any atom is 0.152 e. The molecule has 0 unspecified atom stereocenters. The van der Waals surface area contributed by atoms with Gasteiger partial charge in [0.1, 0.15) is 0 Å². The summed E-state index contributed by atoms with van der Waals surface area (Å²) in [7, 11) is 0. The average Bonchev–Trinajstić information content (AvgIpc) is 2.26. The Morgan fingerprint density at radius 2 is 2.09 bits per heavy atom. The number of nitrogens with one attached hydrogen (secondary N) is 1. The van der Waals surface area contributed by atoms with Crippen LogP contribution in [0.15, 0.2) is 0 Å². The summed E-state index contributed by atoms with van der Waals surface area (Å²) in [5, 5.41) is 0. The molecule has 2 heteroatoms. The van der Waals surface area contributed by atoms with Crippen molar-refractivity contribution < 1.29 is 4.79 Å². The third-order valence-electron chi connectivity index (χ3n) is 2.07. The Balaban J connectivity index is 3.24. The molecule has 0 aliphatic carbocycles. The molecule has 0 atom stereocenters. The lowest BCUT2D eigenvalue weighted by Crippen LogP contribution is -1.84. The highest BCUT2D eigenvalue weighted by atomic mass is 16.1. The summed E-state index contributed by atoms with van der Waals surface area (Å²) < 4.78 is 0. The monoisotopic (exact) mass is 151 g/mol. The standard InChI is InChI=1S/C9H13NO/c1-4-9-6(2)8(5-11)7(3)10-9/h5,10H,4H2,1-3H3. The number of carbonyl (C=O) groups is 1. The number of carbonyl (C=O) groups excluding carboxylic acids is 1. The van der Waals surface area contributed by atoms with Gasteiger partial charge in [-0.05, 0) is 25.8 Å². The van der Waals surface area contributed by atoms with Gasteiger partial charge in [-0.15, -0.1) is 0 Å². The summed E-state index contributed by atoms with van der Waals surface area (Å²) in [6.07, 6.45) is 1.88. The summed E-state index contributed by atoms with van der Waals surface area (Å²) in [4.78, 5) is 13.7. The van der Waals surface area contributed by atoms with E-state index in [1.165, 1.54) is 5.69 Å². The molecule has 1 aromatic rings. The zero-order chi connectivity index (χ0) is 8.43. The van der Waals surface area contributed by atoms with E-state index in [4.69, 9.17) is 0 Å². The molecule has 60 valence electrons. The van der Waals surface area contributed by atoms with E-state index in [2.05, 4.69) is 11.9 Å². The van der Waals surface area contributed by atoms with Crippen molar-refractivity contribution in [3.63, 3.8) is 0 Å². The quantitative estimate of drug-likeness (QED) is 0.644. The molecule has 0 saturated carbocycles. The van der Waals surface area contributed by atoms with Crippen LogP contribution >= 0.6 is 0 Å². The Morgan fingerprint density at radius 1 is 1.45 bits per heavy atom. The summed E-state index contributed by atoms with van der Waals surface area (Å²) >= 11 is 0. The highest BCUT2D eigenvalue weighted by Gasteiger charge is 2.07. The molecule has 0 saturated heterocycles. The molecule has 0 aromatic carbocycles. The van der Waals surface area contributed by atoms with Crippen molar-refractivity contribution in [2.75, 3.05) is 0 Å². The smallest absolute Gasteiger partial charge is 0.152 e. The highest BCUT2D eigenvalue weighted by molar-refractivity contribution is 5.79. The molecule has 11 heavy (non-hydrogen) atoms. The summed E-state index contributed by atoms with van der Waals surface area (Å²) in [5.41, 5.74) is 4.07. The van der Waals surface area contributed by atoms with Crippen molar-refractivity contribution in [3.05, 3.63) is 22.5 Å². The number of aromatic nitrogens is 1. The van der Waals surface area contributed by atoms with Crippen molar-refractivity contribution in [3.8, 4) is 0 Å². The number of hydrogen-bond donors (Lipinski definition) is 1. The zero-order valence-corrected chi connectivity index (χ0v) is 7.19. The van der Waals surface area contributed by atoms with Gasteiger partial charge in [-0.3, -0.25) is 4.79 Å². The largest absolute Gasteiger partial charge is 0.362 e. The molecular formula is C9H13NO. The lowest BCUT2D eigenvalue weighted by molar-refractivity contribution is 0.112. The maximum atomic E-state index is 10.6. The topological polar surface area (TPSA) is 32.9 Å². The minimum Gasteiger partial charge on any atom is -0.362 e. The second-order valence-corrected chi connectivity index (χ2v) is 2.74. The van der Waals surface area contributed by atoms with Gasteiger partial charge in [0.05, 0.1) is 0 Å². The molecule has 1 rings (SSSR count). The predicted octanol–water partition coefficient (Wildman–Crippen LogP) is 2.01. The van der Waals surface area contributed by atoms with E-state index in [0.29, 0.717) is 0 Å². The maximum absolute atomic E-state index is 10.6. The zero-order valence-electron chi connectivity index (χ0n) is 7.19. The molecule has 0 radical (unpaired) electrons. The van der Waals surface area contributed by atoms with Crippen LogP contribution in [0.4, 0.5) is 0 Å². The predicted molar refractivity (Wildman–Crippen MR) is 45.0 cm³/mol. The lowest BCUT2D eigenvalue weighted by Gasteiger charge is -1.91. The van der Waals surface area contributed by atoms with Gasteiger partial charge in [-0.25, -0.2) is 0 Å². The van der Waals surface area contributed by atoms with Crippen LogP contribution in [0.25, 0.3) is 0 Å².